The van der Waals surface area contributed by atoms with Gasteiger partial charge in [0.15, 0.2) is 0 Å². The molecule has 1 aromatic heterocycles. The molecule has 26 heavy (non-hydrogen) atoms. The predicted molar refractivity (Wildman–Crippen MR) is 100 cm³/mol. The molecule has 1 aliphatic heterocycles. The molecule has 0 saturated carbocycles. The van der Waals surface area contributed by atoms with E-state index in [9.17, 15) is 4.79 Å². The van der Waals surface area contributed by atoms with Crippen LogP contribution in [0.15, 0.2) is 47.0 Å². The number of anilines is 1. The molecule has 3 aromatic rings. The highest BCUT2D eigenvalue weighted by atomic mass is 35.5. The quantitative estimate of drug-likeness (QED) is 0.682. The van der Waals surface area contributed by atoms with Gasteiger partial charge in [-0.2, -0.15) is 4.98 Å². The molecule has 2 aromatic carbocycles. The van der Waals surface area contributed by atoms with Crippen LogP contribution in [0.25, 0.3) is 11.4 Å². The highest BCUT2D eigenvalue weighted by molar-refractivity contribution is 6.30. The topological polar surface area (TPSA) is 59.2 Å². The molecule has 0 unspecified atom stereocenters. The summed E-state index contributed by atoms with van der Waals surface area (Å²) < 4.78 is 5.44. The van der Waals surface area contributed by atoms with Crippen molar-refractivity contribution < 1.29 is 9.32 Å². The number of aromatic nitrogens is 2. The standard InChI is InChI=1S/C20H18ClN3O2/c1-12-7-13(2)9-17(8-12)24-11-15(10-18(24)25)20-22-19(23-26-20)14-3-5-16(21)6-4-14/h3-9,15H,10-11H2,1-2H3/t15-/m1/s1. The summed E-state index contributed by atoms with van der Waals surface area (Å²) in [4.78, 5) is 18.8. The lowest BCUT2D eigenvalue weighted by Gasteiger charge is -2.17. The lowest BCUT2D eigenvalue weighted by atomic mass is 10.1. The Labute approximate surface area is 156 Å². The zero-order valence-electron chi connectivity index (χ0n) is 14.6. The first-order chi connectivity index (χ1) is 12.5. The lowest BCUT2D eigenvalue weighted by molar-refractivity contribution is -0.117. The van der Waals surface area contributed by atoms with Crippen molar-refractivity contribution in [3.05, 3.63) is 64.5 Å². The highest BCUT2D eigenvalue weighted by Crippen LogP contribution is 2.32. The van der Waals surface area contributed by atoms with Gasteiger partial charge in [0.1, 0.15) is 0 Å². The molecule has 1 saturated heterocycles. The Morgan fingerprint density at radius 1 is 1.12 bits per heavy atom. The monoisotopic (exact) mass is 367 g/mol. The molecule has 0 bridgehead atoms. The van der Waals surface area contributed by atoms with Crippen LogP contribution in [0, 0.1) is 13.8 Å². The van der Waals surface area contributed by atoms with Crippen LogP contribution in [0.3, 0.4) is 0 Å². The Kier molecular flexibility index (Phi) is 4.24. The van der Waals surface area contributed by atoms with Gasteiger partial charge in [0.25, 0.3) is 0 Å². The largest absolute Gasteiger partial charge is 0.339 e. The number of hydrogen-bond acceptors (Lipinski definition) is 4. The van der Waals surface area contributed by atoms with E-state index in [1.165, 1.54) is 0 Å². The zero-order chi connectivity index (χ0) is 18.3. The van der Waals surface area contributed by atoms with E-state index in [0.717, 1.165) is 22.4 Å². The minimum absolute atomic E-state index is 0.0752. The molecule has 1 amide bonds. The van der Waals surface area contributed by atoms with Crippen molar-refractivity contribution in [3.8, 4) is 11.4 Å². The fourth-order valence-corrected chi connectivity index (χ4v) is 3.47. The SMILES string of the molecule is Cc1cc(C)cc(N2C[C@H](c3nc(-c4ccc(Cl)cc4)no3)CC2=O)c1. The number of benzene rings is 2. The Hall–Kier alpha value is -2.66. The van der Waals surface area contributed by atoms with E-state index < -0.39 is 0 Å². The molecule has 1 aliphatic rings. The van der Waals surface area contributed by atoms with Gasteiger partial charge in [0.2, 0.25) is 17.6 Å². The smallest absolute Gasteiger partial charge is 0.232 e. The molecule has 132 valence electrons. The van der Waals surface area contributed by atoms with Crippen LogP contribution in [-0.2, 0) is 4.79 Å². The van der Waals surface area contributed by atoms with Crippen LogP contribution < -0.4 is 4.90 Å². The first kappa shape index (κ1) is 16.8. The fourth-order valence-electron chi connectivity index (χ4n) is 3.35. The van der Waals surface area contributed by atoms with Crippen LogP contribution in [0.4, 0.5) is 5.69 Å². The number of nitrogens with zero attached hydrogens (tertiary/aromatic N) is 3. The average molecular weight is 368 g/mol. The van der Waals surface area contributed by atoms with Gasteiger partial charge in [-0.05, 0) is 61.4 Å². The van der Waals surface area contributed by atoms with E-state index >= 15 is 0 Å². The molecular formula is C20H18ClN3O2. The molecule has 6 heteroatoms. The summed E-state index contributed by atoms with van der Waals surface area (Å²) in [6, 6.07) is 13.4. The van der Waals surface area contributed by atoms with E-state index in [2.05, 4.69) is 16.2 Å². The Morgan fingerprint density at radius 2 is 1.81 bits per heavy atom. The van der Waals surface area contributed by atoms with Crippen LogP contribution in [-0.4, -0.2) is 22.6 Å². The first-order valence-electron chi connectivity index (χ1n) is 8.48. The second kappa shape index (κ2) is 6.57. The van der Waals surface area contributed by atoms with E-state index in [4.69, 9.17) is 16.1 Å². The van der Waals surface area contributed by atoms with Crippen molar-refractivity contribution in [3.63, 3.8) is 0 Å². The van der Waals surface area contributed by atoms with Gasteiger partial charge < -0.3 is 9.42 Å². The van der Waals surface area contributed by atoms with Gasteiger partial charge in [0, 0.05) is 29.2 Å². The van der Waals surface area contributed by atoms with Gasteiger partial charge in [0.05, 0.1) is 5.92 Å². The van der Waals surface area contributed by atoms with Crippen molar-refractivity contribution in [1.82, 2.24) is 10.1 Å². The third-order valence-electron chi connectivity index (χ3n) is 4.54. The maximum Gasteiger partial charge on any atom is 0.232 e. The number of hydrogen-bond donors (Lipinski definition) is 0. The molecular weight excluding hydrogens is 350 g/mol. The van der Waals surface area contributed by atoms with Gasteiger partial charge in [-0.25, -0.2) is 0 Å². The molecule has 0 radical (unpaired) electrons. The number of carbonyl (C=O) groups is 1. The normalized spacial score (nSPS) is 17.1. The lowest BCUT2D eigenvalue weighted by Crippen LogP contribution is -2.24. The van der Waals surface area contributed by atoms with Crippen LogP contribution in [0.1, 0.15) is 29.4 Å². The van der Waals surface area contributed by atoms with E-state index in [0.29, 0.717) is 29.7 Å². The number of aryl methyl sites for hydroxylation is 2. The zero-order valence-corrected chi connectivity index (χ0v) is 15.3. The summed E-state index contributed by atoms with van der Waals surface area (Å²) in [6.07, 6.45) is 0.370. The predicted octanol–water partition coefficient (Wildman–Crippen LogP) is 4.53. The van der Waals surface area contributed by atoms with Crippen molar-refractivity contribution >= 4 is 23.2 Å². The summed E-state index contributed by atoms with van der Waals surface area (Å²) in [5, 5.41) is 4.71. The van der Waals surface area contributed by atoms with Crippen LogP contribution >= 0.6 is 11.6 Å². The first-order valence-corrected chi connectivity index (χ1v) is 8.85. The van der Waals surface area contributed by atoms with Crippen LogP contribution in [0.2, 0.25) is 5.02 Å². The summed E-state index contributed by atoms with van der Waals surface area (Å²) in [7, 11) is 0. The molecule has 0 spiro atoms. The molecule has 0 aliphatic carbocycles. The Bertz CT molecular complexity index is 945. The molecule has 1 atom stereocenters. The van der Waals surface area contributed by atoms with Crippen LogP contribution in [0.5, 0.6) is 0 Å². The second-order valence-corrected chi connectivity index (χ2v) is 7.15. The van der Waals surface area contributed by atoms with Gasteiger partial charge >= 0.3 is 0 Å². The van der Waals surface area contributed by atoms with Crippen molar-refractivity contribution in [2.75, 3.05) is 11.4 Å². The van der Waals surface area contributed by atoms with Gasteiger partial charge in [-0.3, -0.25) is 4.79 Å². The summed E-state index contributed by atoms with van der Waals surface area (Å²) in [5.74, 6) is 0.979. The summed E-state index contributed by atoms with van der Waals surface area (Å²) in [5.41, 5.74) is 4.03. The molecule has 1 fully saturated rings. The second-order valence-electron chi connectivity index (χ2n) is 6.71. The van der Waals surface area contributed by atoms with E-state index in [1.807, 2.05) is 38.1 Å². The highest BCUT2D eigenvalue weighted by Gasteiger charge is 2.35. The third-order valence-corrected chi connectivity index (χ3v) is 4.79. The van der Waals surface area contributed by atoms with Crippen molar-refractivity contribution in [2.45, 2.75) is 26.2 Å². The molecule has 5 nitrogen and oxygen atoms in total. The van der Waals surface area contributed by atoms with E-state index in [1.54, 1.807) is 17.0 Å². The maximum atomic E-state index is 12.5. The maximum absolute atomic E-state index is 12.5. The molecule has 0 N–H and O–H groups in total. The third kappa shape index (κ3) is 3.22. The molecule has 2 heterocycles. The van der Waals surface area contributed by atoms with Gasteiger partial charge in [-0.1, -0.05) is 22.8 Å². The van der Waals surface area contributed by atoms with Gasteiger partial charge in [-0.15, -0.1) is 0 Å². The number of carbonyl (C=O) groups excluding carboxylic acids is 1. The average Bonchev–Trinajstić information content (AvgIpc) is 3.21. The minimum Gasteiger partial charge on any atom is -0.339 e. The van der Waals surface area contributed by atoms with E-state index in [-0.39, 0.29) is 11.8 Å². The van der Waals surface area contributed by atoms with Crippen molar-refractivity contribution in [1.29, 1.82) is 0 Å². The molecule has 4 rings (SSSR count). The Morgan fingerprint density at radius 3 is 2.50 bits per heavy atom. The fraction of sp³-hybridized carbons (Fsp3) is 0.250. The Balaban J connectivity index is 1.56. The minimum atomic E-state index is -0.100. The number of rotatable bonds is 3. The summed E-state index contributed by atoms with van der Waals surface area (Å²) >= 11 is 5.91. The summed E-state index contributed by atoms with van der Waals surface area (Å²) in [6.45, 7) is 4.61. The van der Waals surface area contributed by atoms with Crippen molar-refractivity contribution in [2.24, 2.45) is 0 Å². The number of halogens is 1. The number of amides is 1.